The average Bonchev–Trinajstić information content (AvgIpc) is 3.38. The Kier molecular flexibility index (Phi) is 22.4. The van der Waals surface area contributed by atoms with Crippen molar-refractivity contribution < 1.29 is 9.90 Å². The molecule has 2 rings (SSSR count). The van der Waals surface area contributed by atoms with Crippen LogP contribution < -0.4 is 16.4 Å². The molecule has 0 radical (unpaired) electrons. The predicted molar refractivity (Wildman–Crippen MR) is 156 cm³/mol. The summed E-state index contributed by atoms with van der Waals surface area (Å²) in [5.74, 6) is 6.02. The number of hydrogen-bond acceptors (Lipinski definition) is 8. The standard InChI is InChI=1S/C15H14N6OS.C8H17NO.C2H6.C2H2/c1-2-3-4-7-17-14(22)21-15-20-10-12(23-15)6-5-11-8-18-13(16)19-9-11;1-4-8(3)9(5-2)6-7-10;2*1-2/h2-4,8-10H,1,7H2,(H2,16,18,19)(H2,17,20,21,22);4,10H,5-7H2,1-3H3;1-2H3;1-2H/b4-3+;8-4+;;. The van der Waals surface area contributed by atoms with Gasteiger partial charge in [-0.25, -0.2) is 19.7 Å². The van der Waals surface area contributed by atoms with Gasteiger partial charge in [-0.3, -0.25) is 5.32 Å². The lowest BCUT2D eigenvalue weighted by atomic mass is 10.3. The van der Waals surface area contributed by atoms with Gasteiger partial charge in [-0.05, 0) is 26.7 Å². The molecule has 5 N–H and O–H groups in total. The lowest BCUT2D eigenvalue weighted by Crippen LogP contribution is -2.28. The highest BCUT2D eigenvalue weighted by Crippen LogP contribution is 2.16. The highest BCUT2D eigenvalue weighted by atomic mass is 32.1. The summed E-state index contributed by atoms with van der Waals surface area (Å²) >= 11 is 1.27. The molecule has 0 aromatic carbocycles. The molecule has 0 aliphatic carbocycles. The molecule has 0 unspecified atom stereocenters. The van der Waals surface area contributed by atoms with Crippen molar-refractivity contribution in [2.24, 2.45) is 0 Å². The molecule has 0 saturated heterocycles. The van der Waals surface area contributed by atoms with Gasteiger partial charge >= 0.3 is 6.03 Å². The first-order valence-electron chi connectivity index (χ1n) is 11.6. The van der Waals surface area contributed by atoms with Crippen LogP contribution in [0.25, 0.3) is 0 Å². The van der Waals surface area contributed by atoms with Crippen molar-refractivity contribution in [2.45, 2.75) is 34.6 Å². The fourth-order valence-corrected chi connectivity index (χ4v) is 2.94. The maximum Gasteiger partial charge on any atom is 0.321 e. The van der Waals surface area contributed by atoms with Crippen LogP contribution in [0.15, 0.2) is 55.2 Å². The number of urea groups is 1. The summed E-state index contributed by atoms with van der Waals surface area (Å²) in [7, 11) is 0. The normalized spacial score (nSPS) is 9.57. The summed E-state index contributed by atoms with van der Waals surface area (Å²) < 4.78 is 0. The van der Waals surface area contributed by atoms with Crippen LogP contribution >= 0.6 is 11.3 Å². The van der Waals surface area contributed by atoms with Crippen molar-refractivity contribution in [3.63, 3.8) is 0 Å². The summed E-state index contributed by atoms with van der Waals surface area (Å²) in [6.45, 7) is 16.0. The molecule has 2 aromatic rings. The Bertz CT molecular complexity index is 1030. The molecule has 0 atom stereocenters. The summed E-state index contributed by atoms with van der Waals surface area (Å²) in [6.07, 6.45) is 19.9. The number of nitrogens with two attached hydrogens (primary N) is 1. The molecule has 200 valence electrons. The Balaban J connectivity index is 0. The summed E-state index contributed by atoms with van der Waals surface area (Å²) in [6, 6.07) is -0.334. The number of rotatable bonds is 8. The molecule has 0 saturated carbocycles. The maximum atomic E-state index is 11.6. The predicted octanol–water partition coefficient (Wildman–Crippen LogP) is 4.28. The van der Waals surface area contributed by atoms with Crippen LogP contribution in [-0.4, -0.2) is 57.2 Å². The highest BCUT2D eigenvalue weighted by molar-refractivity contribution is 7.16. The third-order valence-electron chi connectivity index (χ3n) is 4.05. The van der Waals surface area contributed by atoms with Gasteiger partial charge in [-0.15, -0.1) is 12.8 Å². The molecule has 0 spiro atoms. The van der Waals surface area contributed by atoms with Gasteiger partial charge in [0.05, 0.1) is 23.2 Å². The second-order valence-corrected chi connectivity index (χ2v) is 7.37. The minimum atomic E-state index is -0.334. The van der Waals surface area contributed by atoms with Gasteiger partial charge in [0.25, 0.3) is 0 Å². The lowest BCUT2D eigenvalue weighted by Gasteiger charge is -2.21. The number of terminal acetylenes is 1. The first-order valence-corrected chi connectivity index (χ1v) is 12.4. The van der Waals surface area contributed by atoms with E-state index in [-0.39, 0.29) is 18.6 Å². The maximum absolute atomic E-state index is 11.6. The smallest absolute Gasteiger partial charge is 0.321 e. The van der Waals surface area contributed by atoms with Crippen LogP contribution in [0.2, 0.25) is 0 Å². The van der Waals surface area contributed by atoms with Crippen LogP contribution in [0.5, 0.6) is 0 Å². The number of thiazole rings is 1. The fourth-order valence-electron chi connectivity index (χ4n) is 2.27. The second-order valence-electron chi connectivity index (χ2n) is 6.34. The van der Waals surface area contributed by atoms with Gasteiger partial charge in [0.15, 0.2) is 5.13 Å². The molecular formula is C27H39N7O2S. The molecular weight excluding hydrogens is 486 g/mol. The van der Waals surface area contributed by atoms with E-state index in [9.17, 15) is 4.79 Å². The molecule has 0 bridgehead atoms. The molecule has 0 aliphatic heterocycles. The number of hydrogen-bond donors (Lipinski definition) is 4. The Labute approximate surface area is 225 Å². The van der Waals surface area contributed by atoms with Crippen LogP contribution in [-0.2, 0) is 0 Å². The molecule has 2 heterocycles. The molecule has 2 amide bonds. The van der Waals surface area contributed by atoms with Crippen LogP contribution in [0.3, 0.4) is 0 Å². The second kappa shape index (κ2) is 23.6. The molecule has 2 aromatic heterocycles. The number of aromatic nitrogens is 3. The van der Waals surface area contributed by atoms with Crippen LogP contribution in [0.1, 0.15) is 45.1 Å². The van der Waals surface area contributed by atoms with E-state index in [4.69, 9.17) is 10.8 Å². The first-order chi connectivity index (χ1) is 17.9. The summed E-state index contributed by atoms with van der Waals surface area (Å²) in [5, 5.41) is 14.4. The van der Waals surface area contributed by atoms with E-state index in [0.29, 0.717) is 22.1 Å². The van der Waals surface area contributed by atoms with Gasteiger partial charge in [0.1, 0.15) is 0 Å². The Morgan fingerprint density at radius 2 is 1.89 bits per heavy atom. The zero-order valence-electron chi connectivity index (χ0n) is 22.4. The molecule has 37 heavy (non-hydrogen) atoms. The third-order valence-corrected chi connectivity index (χ3v) is 4.88. The SMILES string of the molecule is C#C.C/C=C(\C)N(CC)CCO.C=C/C=C/CNC(=O)Nc1ncc(C#Cc2cnc(N)nc2)s1.CC. The van der Waals surface area contributed by atoms with E-state index >= 15 is 0 Å². The Morgan fingerprint density at radius 1 is 1.24 bits per heavy atom. The van der Waals surface area contributed by atoms with Gasteiger partial charge in [0, 0.05) is 37.7 Å². The number of aliphatic hydroxyl groups excluding tert-OH is 1. The summed E-state index contributed by atoms with van der Waals surface area (Å²) in [5.41, 5.74) is 7.28. The minimum Gasteiger partial charge on any atom is -0.395 e. The van der Waals surface area contributed by atoms with Crippen molar-refractivity contribution in [3.05, 3.63) is 65.6 Å². The lowest BCUT2D eigenvalue weighted by molar-refractivity contribution is 0.231. The fraction of sp³-hybridized carbons (Fsp3) is 0.333. The molecule has 0 aliphatic rings. The van der Waals surface area contributed by atoms with E-state index in [0.717, 1.165) is 13.1 Å². The number of carbonyl (C=O) groups is 1. The average molecular weight is 526 g/mol. The first kappa shape index (κ1) is 35.0. The number of nitrogen functional groups attached to an aromatic ring is 1. The van der Waals surface area contributed by atoms with Gasteiger partial charge in [-0.1, -0.05) is 62.0 Å². The van der Waals surface area contributed by atoms with Crippen molar-refractivity contribution in [3.8, 4) is 24.7 Å². The van der Waals surface area contributed by atoms with Gasteiger partial charge < -0.3 is 21.1 Å². The number of allylic oxidation sites excluding steroid dienone is 4. The number of carbonyl (C=O) groups excluding carboxylic acids is 1. The van der Waals surface area contributed by atoms with E-state index in [2.05, 4.69) is 81.7 Å². The molecule has 10 heteroatoms. The van der Waals surface area contributed by atoms with Crippen molar-refractivity contribution in [1.82, 2.24) is 25.2 Å². The molecule has 0 fully saturated rings. The van der Waals surface area contributed by atoms with E-state index in [1.165, 1.54) is 17.0 Å². The Morgan fingerprint density at radius 3 is 2.43 bits per heavy atom. The number of amides is 2. The number of nitrogens with one attached hydrogen (secondary N) is 2. The van der Waals surface area contributed by atoms with E-state index in [1.54, 1.807) is 36.8 Å². The summed E-state index contributed by atoms with van der Waals surface area (Å²) in [4.78, 5) is 26.3. The number of aliphatic hydroxyl groups is 1. The zero-order chi connectivity index (χ0) is 28.5. The third kappa shape index (κ3) is 17.0. The quantitative estimate of drug-likeness (QED) is 0.299. The number of likely N-dealkylation sites (N-methyl/N-ethyl adjacent to an activating group) is 1. The highest BCUT2D eigenvalue weighted by Gasteiger charge is 2.04. The Hall–Kier alpha value is -4.12. The van der Waals surface area contributed by atoms with Gasteiger partial charge in [0.2, 0.25) is 5.95 Å². The topological polar surface area (TPSA) is 129 Å². The minimum absolute atomic E-state index is 0.203. The number of anilines is 2. The number of nitrogens with zero attached hydrogens (tertiary/aromatic N) is 4. The largest absolute Gasteiger partial charge is 0.395 e. The van der Waals surface area contributed by atoms with Crippen molar-refractivity contribution >= 4 is 28.4 Å². The van der Waals surface area contributed by atoms with Crippen LogP contribution in [0.4, 0.5) is 15.9 Å². The van der Waals surface area contributed by atoms with Crippen LogP contribution in [0, 0.1) is 24.7 Å². The van der Waals surface area contributed by atoms with Crippen molar-refractivity contribution in [2.75, 3.05) is 37.3 Å². The van der Waals surface area contributed by atoms with Gasteiger partial charge in [-0.2, -0.15) is 0 Å². The van der Waals surface area contributed by atoms with Crippen molar-refractivity contribution in [1.29, 1.82) is 0 Å². The zero-order valence-corrected chi connectivity index (χ0v) is 23.2. The van der Waals surface area contributed by atoms with E-state index in [1.807, 2.05) is 20.8 Å². The van der Waals surface area contributed by atoms with E-state index < -0.39 is 0 Å². The monoisotopic (exact) mass is 525 g/mol. The molecule has 9 nitrogen and oxygen atoms in total.